The first-order valence-corrected chi connectivity index (χ1v) is 8.56. The average molecular weight is 298 g/mol. The van der Waals surface area contributed by atoms with E-state index < -0.39 is 0 Å². The van der Waals surface area contributed by atoms with Crippen molar-refractivity contribution in [1.29, 1.82) is 0 Å². The molecule has 0 aromatic carbocycles. The number of thioether (sulfide) groups is 1. The molecule has 2 heterocycles. The van der Waals surface area contributed by atoms with E-state index >= 15 is 0 Å². The van der Waals surface area contributed by atoms with E-state index in [4.69, 9.17) is 11.6 Å². The Bertz CT molecular complexity index is 456. The molecule has 104 valence electrons. The first-order valence-electron chi connectivity index (χ1n) is 7.13. The number of nitrogens with zero attached hydrogens (tertiary/aromatic N) is 2. The Labute approximate surface area is 123 Å². The van der Waals surface area contributed by atoms with Crippen LogP contribution >= 0.6 is 23.4 Å². The SMILES string of the molecule is Cc1c(Cl)nc(C2CC2)nc1NCC1CCCCS1. The van der Waals surface area contributed by atoms with E-state index in [9.17, 15) is 0 Å². The van der Waals surface area contributed by atoms with Crippen LogP contribution in [0.3, 0.4) is 0 Å². The van der Waals surface area contributed by atoms with Crippen molar-refractivity contribution >= 4 is 29.2 Å². The summed E-state index contributed by atoms with van der Waals surface area (Å²) < 4.78 is 0. The van der Waals surface area contributed by atoms with Crippen LogP contribution in [-0.4, -0.2) is 27.5 Å². The largest absolute Gasteiger partial charge is 0.369 e. The molecule has 1 atom stereocenters. The van der Waals surface area contributed by atoms with Crippen molar-refractivity contribution in [2.45, 2.75) is 50.2 Å². The molecule has 0 radical (unpaired) electrons. The zero-order valence-electron chi connectivity index (χ0n) is 11.3. The van der Waals surface area contributed by atoms with Gasteiger partial charge in [0, 0.05) is 23.3 Å². The molecule has 0 spiro atoms. The molecule has 1 saturated heterocycles. The second kappa shape index (κ2) is 5.88. The van der Waals surface area contributed by atoms with Gasteiger partial charge in [0.2, 0.25) is 0 Å². The molecule has 2 aliphatic rings. The van der Waals surface area contributed by atoms with E-state index in [1.165, 1.54) is 37.9 Å². The van der Waals surface area contributed by atoms with Gasteiger partial charge in [-0.25, -0.2) is 9.97 Å². The first-order chi connectivity index (χ1) is 9.24. The molecule has 1 saturated carbocycles. The number of halogens is 1. The van der Waals surface area contributed by atoms with Crippen LogP contribution in [0.25, 0.3) is 0 Å². The van der Waals surface area contributed by atoms with Gasteiger partial charge in [-0.15, -0.1) is 0 Å². The summed E-state index contributed by atoms with van der Waals surface area (Å²) in [5.74, 6) is 3.70. The number of hydrogen-bond acceptors (Lipinski definition) is 4. The molecular formula is C14H20ClN3S. The summed E-state index contributed by atoms with van der Waals surface area (Å²) in [6.07, 6.45) is 6.45. The molecule has 3 nitrogen and oxygen atoms in total. The zero-order chi connectivity index (χ0) is 13.2. The highest BCUT2D eigenvalue weighted by Crippen LogP contribution is 2.39. The van der Waals surface area contributed by atoms with Gasteiger partial charge in [-0.05, 0) is 38.4 Å². The van der Waals surface area contributed by atoms with Gasteiger partial charge >= 0.3 is 0 Å². The molecule has 0 bridgehead atoms. The fraction of sp³-hybridized carbons (Fsp3) is 0.714. The third kappa shape index (κ3) is 3.34. The predicted molar refractivity (Wildman–Crippen MR) is 82.3 cm³/mol. The fourth-order valence-corrected chi connectivity index (χ4v) is 3.80. The van der Waals surface area contributed by atoms with Crippen LogP contribution in [0.2, 0.25) is 5.15 Å². The Morgan fingerprint density at radius 1 is 1.26 bits per heavy atom. The Morgan fingerprint density at radius 3 is 2.79 bits per heavy atom. The highest BCUT2D eigenvalue weighted by atomic mass is 35.5. The lowest BCUT2D eigenvalue weighted by Crippen LogP contribution is -2.21. The summed E-state index contributed by atoms with van der Waals surface area (Å²) in [5, 5.41) is 4.81. The molecule has 1 aliphatic heterocycles. The summed E-state index contributed by atoms with van der Waals surface area (Å²) in [6, 6.07) is 0. The average Bonchev–Trinajstić information content (AvgIpc) is 3.26. The molecule has 19 heavy (non-hydrogen) atoms. The summed E-state index contributed by atoms with van der Waals surface area (Å²) in [7, 11) is 0. The summed E-state index contributed by atoms with van der Waals surface area (Å²) in [5.41, 5.74) is 0.979. The van der Waals surface area contributed by atoms with Crippen molar-refractivity contribution in [3.8, 4) is 0 Å². The molecular weight excluding hydrogens is 278 g/mol. The van der Waals surface area contributed by atoms with Crippen molar-refractivity contribution in [1.82, 2.24) is 9.97 Å². The van der Waals surface area contributed by atoms with Gasteiger partial charge in [-0.2, -0.15) is 11.8 Å². The Kier molecular flexibility index (Phi) is 4.18. The van der Waals surface area contributed by atoms with Crippen molar-refractivity contribution in [3.05, 3.63) is 16.5 Å². The van der Waals surface area contributed by atoms with E-state index in [0.29, 0.717) is 16.3 Å². The van der Waals surface area contributed by atoms with Crippen molar-refractivity contribution < 1.29 is 0 Å². The Morgan fingerprint density at radius 2 is 2.11 bits per heavy atom. The van der Waals surface area contributed by atoms with Gasteiger partial charge in [0.15, 0.2) is 0 Å². The van der Waals surface area contributed by atoms with Crippen LogP contribution in [0.5, 0.6) is 0 Å². The number of anilines is 1. The second-order valence-corrected chi connectivity index (χ2v) is 7.26. The minimum atomic E-state index is 0.544. The maximum Gasteiger partial charge on any atom is 0.137 e. The number of rotatable bonds is 4. The van der Waals surface area contributed by atoms with Crippen molar-refractivity contribution in [2.24, 2.45) is 0 Å². The second-order valence-electron chi connectivity index (χ2n) is 5.49. The zero-order valence-corrected chi connectivity index (χ0v) is 12.9. The van der Waals surface area contributed by atoms with Gasteiger partial charge in [0.05, 0.1) is 0 Å². The third-order valence-corrected chi connectivity index (χ3v) is 5.58. The van der Waals surface area contributed by atoms with E-state index in [1.54, 1.807) is 0 Å². The highest BCUT2D eigenvalue weighted by Gasteiger charge is 2.28. The molecule has 1 aromatic rings. The fourth-order valence-electron chi connectivity index (χ4n) is 2.38. The van der Waals surface area contributed by atoms with Crippen LogP contribution in [-0.2, 0) is 0 Å². The van der Waals surface area contributed by atoms with Gasteiger partial charge in [-0.3, -0.25) is 0 Å². The van der Waals surface area contributed by atoms with Crippen LogP contribution in [0.1, 0.15) is 49.4 Å². The summed E-state index contributed by atoms with van der Waals surface area (Å²) in [6.45, 7) is 2.98. The van der Waals surface area contributed by atoms with E-state index in [0.717, 1.165) is 23.8 Å². The van der Waals surface area contributed by atoms with Crippen LogP contribution in [0.15, 0.2) is 0 Å². The van der Waals surface area contributed by atoms with Crippen molar-refractivity contribution in [2.75, 3.05) is 17.6 Å². The van der Waals surface area contributed by atoms with E-state index in [-0.39, 0.29) is 0 Å². The molecule has 1 aromatic heterocycles. The predicted octanol–water partition coefficient (Wildman–Crippen LogP) is 4.01. The molecule has 1 N–H and O–H groups in total. The molecule has 5 heteroatoms. The normalized spacial score (nSPS) is 23.4. The minimum absolute atomic E-state index is 0.544. The smallest absolute Gasteiger partial charge is 0.137 e. The molecule has 2 fully saturated rings. The van der Waals surface area contributed by atoms with Gasteiger partial charge in [0.25, 0.3) is 0 Å². The molecule has 1 unspecified atom stereocenters. The number of nitrogens with one attached hydrogen (secondary N) is 1. The third-order valence-electron chi connectivity index (χ3n) is 3.82. The minimum Gasteiger partial charge on any atom is -0.369 e. The monoisotopic (exact) mass is 297 g/mol. The molecule has 1 aliphatic carbocycles. The van der Waals surface area contributed by atoms with E-state index in [2.05, 4.69) is 27.0 Å². The first kappa shape index (κ1) is 13.5. The quantitative estimate of drug-likeness (QED) is 0.852. The highest BCUT2D eigenvalue weighted by molar-refractivity contribution is 7.99. The maximum absolute atomic E-state index is 6.22. The maximum atomic E-state index is 6.22. The van der Waals surface area contributed by atoms with Crippen LogP contribution < -0.4 is 5.32 Å². The molecule has 0 amide bonds. The van der Waals surface area contributed by atoms with E-state index in [1.807, 2.05) is 6.92 Å². The number of hydrogen-bond donors (Lipinski definition) is 1. The molecule has 3 rings (SSSR count). The van der Waals surface area contributed by atoms with Gasteiger partial charge in [-0.1, -0.05) is 18.0 Å². The Balaban J connectivity index is 1.68. The summed E-state index contributed by atoms with van der Waals surface area (Å²) >= 11 is 8.29. The standard InChI is InChI=1S/C14H20ClN3S/c1-9-12(15)17-14(10-5-6-10)18-13(9)16-8-11-4-2-3-7-19-11/h10-11H,2-8H2,1H3,(H,16,17,18). The van der Waals surface area contributed by atoms with Gasteiger partial charge < -0.3 is 5.32 Å². The summed E-state index contributed by atoms with van der Waals surface area (Å²) in [4.78, 5) is 9.06. The topological polar surface area (TPSA) is 37.8 Å². The lowest BCUT2D eigenvalue weighted by atomic mass is 10.2. The van der Waals surface area contributed by atoms with Crippen molar-refractivity contribution in [3.63, 3.8) is 0 Å². The van der Waals surface area contributed by atoms with Crippen LogP contribution in [0, 0.1) is 6.92 Å². The number of aromatic nitrogens is 2. The van der Waals surface area contributed by atoms with Crippen LogP contribution in [0.4, 0.5) is 5.82 Å². The van der Waals surface area contributed by atoms with Gasteiger partial charge in [0.1, 0.15) is 16.8 Å². The Hall–Kier alpha value is -0.480. The lowest BCUT2D eigenvalue weighted by molar-refractivity contribution is 0.676. The lowest BCUT2D eigenvalue weighted by Gasteiger charge is -2.22.